The first kappa shape index (κ1) is 15.0. The molecular formula is C18H19NO2S. The lowest BCUT2D eigenvalue weighted by Crippen LogP contribution is -2.39. The average Bonchev–Trinajstić information content (AvgIpc) is 2.62. The van der Waals surface area contributed by atoms with Gasteiger partial charge in [0.2, 0.25) is 0 Å². The molecular weight excluding hydrogens is 294 g/mol. The summed E-state index contributed by atoms with van der Waals surface area (Å²) in [5.41, 5.74) is 2.01. The van der Waals surface area contributed by atoms with E-state index in [0.717, 1.165) is 30.2 Å². The highest BCUT2D eigenvalue weighted by Gasteiger charge is 2.25. The molecule has 1 atom stereocenters. The van der Waals surface area contributed by atoms with Gasteiger partial charge in [0.05, 0.1) is 7.11 Å². The maximum Gasteiger partial charge on any atom is 0.253 e. The first-order chi connectivity index (χ1) is 10.8. The first-order valence-corrected chi connectivity index (χ1v) is 8.42. The van der Waals surface area contributed by atoms with Gasteiger partial charge in [-0.1, -0.05) is 30.3 Å². The molecule has 0 spiro atoms. The molecule has 1 amide bonds. The number of thioether (sulfide) groups is 1. The first-order valence-electron chi connectivity index (χ1n) is 7.38. The molecule has 1 unspecified atom stereocenters. The Morgan fingerprint density at radius 2 is 1.86 bits per heavy atom. The van der Waals surface area contributed by atoms with E-state index >= 15 is 0 Å². The van der Waals surface area contributed by atoms with E-state index < -0.39 is 0 Å². The van der Waals surface area contributed by atoms with Gasteiger partial charge in [-0.3, -0.25) is 4.79 Å². The summed E-state index contributed by atoms with van der Waals surface area (Å²) >= 11 is 1.91. The van der Waals surface area contributed by atoms with Gasteiger partial charge in [0.15, 0.2) is 0 Å². The van der Waals surface area contributed by atoms with Crippen molar-refractivity contribution in [3.63, 3.8) is 0 Å². The summed E-state index contributed by atoms with van der Waals surface area (Å²) in [6.45, 7) is 1.57. The minimum absolute atomic E-state index is 0.124. The number of hydrogen-bond acceptors (Lipinski definition) is 3. The predicted molar refractivity (Wildman–Crippen MR) is 90.5 cm³/mol. The molecule has 2 aromatic rings. The molecule has 0 aliphatic carbocycles. The Labute approximate surface area is 135 Å². The minimum Gasteiger partial charge on any atom is -0.497 e. The molecule has 0 bridgehead atoms. The lowest BCUT2D eigenvalue weighted by Gasteiger charge is -2.32. The summed E-state index contributed by atoms with van der Waals surface area (Å²) in [6, 6.07) is 17.7. The van der Waals surface area contributed by atoms with Crippen LogP contribution in [0, 0.1) is 0 Å². The number of rotatable bonds is 3. The van der Waals surface area contributed by atoms with Gasteiger partial charge in [0, 0.05) is 29.7 Å². The van der Waals surface area contributed by atoms with Gasteiger partial charge in [-0.15, -0.1) is 0 Å². The van der Waals surface area contributed by atoms with Crippen LogP contribution in [0.5, 0.6) is 5.75 Å². The Balaban J connectivity index is 1.72. The maximum absolute atomic E-state index is 12.6. The minimum atomic E-state index is 0.124. The van der Waals surface area contributed by atoms with Gasteiger partial charge in [-0.25, -0.2) is 0 Å². The lowest BCUT2D eigenvalue weighted by molar-refractivity contribution is 0.0761. The van der Waals surface area contributed by atoms with Gasteiger partial charge in [0.25, 0.3) is 5.91 Å². The van der Waals surface area contributed by atoms with Crippen LogP contribution < -0.4 is 4.74 Å². The normalized spacial score (nSPS) is 18.0. The second-order valence-electron chi connectivity index (χ2n) is 5.25. The third-order valence-corrected chi connectivity index (χ3v) is 5.10. The van der Waals surface area contributed by atoms with Crippen LogP contribution in [-0.4, -0.2) is 36.8 Å². The lowest BCUT2D eigenvalue weighted by atomic mass is 10.1. The molecule has 1 aliphatic rings. The van der Waals surface area contributed by atoms with Crippen LogP contribution in [0.1, 0.15) is 21.2 Å². The molecule has 0 N–H and O–H groups in total. The molecule has 1 saturated heterocycles. The van der Waals surface area contributed by atoms with Crippen molar-refractivity contribution < 1.29 is 9.53 Å². The van der Waals surface area contributed by atoms with Crippen molar-refractivity contribution in [2.24, 2.45) is 0 Å². The Kier molecular flexibility index (Phi) is 4.68. The number of carbonyl (C=O) groups excluding carboxylic acids is 1. The fourth-order valence-corrected chi connectivity index (χ4v) is 3.86. The summed E-state index contributed by atoms with van der Waals surface area (Å²) in [5.74, 6) is 1.95. The van der Waals surface area contributed by atoms with E-state index in [2.05, 4.69) is 12.1 Å². The fraction of sp³-hybridized carbons (Fsp3) is 0.278. The monoisotopic (exact) mass is 313 g/mol. The Bertz CT molecular complexity index is 627. The highest BCUT2D eigenvalue weighted by molar-refractivity contribution is 7.99. The number of carbonyl (C=O) groups is 1. The van der Waals surface area contributed by atoms with Crippen LogP contribution in [-0.2, 0) is 0 Å². The van der Waals surface area contributed by atoms with Crippen molar-refractivity contribution in [3.05, 3.63) is 65.7 Å². The largest absolute Gasteiger partial charge is 0.497 e. The van der Waals surface area contributed by atoms with Crippen LogP contribution in [0.15, 0.2) is 54.6 Å². The zero-order valence-corrected chi connectivity index (χ0v) is 13.4. The number of benzene rings is 2. The quantitative estimate of drug-likeness (QED) is 0.866. The SMILES string of the molecule is COc1ccc(C2CN(C(=O)c3ccccc3)CCS2)cc1. The zero-order valence-electron chi connectivity index (χ0n) is 12.6. The second-order valence-corrected chi connectivity index (χ2v) is 6.56. The molecule has 0 radical (unpaired) electrons. The smallest absolute Gasteiger partial charge is 0.253 e. The molecule has 3 nitrogen and oxygen atoms in total. The summed E-state index contributed by atoms with van der Waals surface area (Å²) in [5, 5.41) is 0.326. The van der Waals surface area contributed by atoms with Crippen LogP contribution in [0.2, 0.25) is 0 Å². The van der Waals surface area contributed by atoms with Crippen LogP contribution >= 0.6 is 11.8 Å². The summed E-state index contributed by atoms with van der Waals surface area (Å²) in [7, 11) is 1.67. The van der Waals surface area contributed by atoms with Crippen molar-refractivity contribution in [2.45, 2.75) is 5.25 Å². The van der Waals surface area contributed by atoms with Crippen molar-refractivity contribution >= 4 is 17.7 Å². The van der Waals surface area contributed by atoms with Crippen molar-refractivity contribution in [3.8, 4) is 5.75 Å². The van der Waals surface area contributed by atoms with E-state index in [-0.39, 0.29) is 5.91 Å². The van der Waals surface area contributed by atoms with Crippen molar-refractivity contribution in [1.82, 2.24) is 4.90 Å². The van der Waals surface area contributed by atoms with Gasteiger partial charge in [0.1, 0.15) is 5.75 Å². The average molecular weight is 313 g/mol. The van der Waals surface area contributed by atoms with Crippen LogP contribution in [0.4, 0.5) is 0 Å². The summed E-state index contributed by atoms with van der Waals surface area (Å²) in [6.07, 6.45) is 0. The van der Waals surface area contributed by atoms with Gasteiger partial charge in [-0.2, -0.15) is 11.8 Å². The molecule has 1 aliphatic heterocycles. The Morgan fingerprint density at radius 1 is 1.14 bits per heavy atom. The fourth-order valence-electron chi connectivity index (χ4n) is 2.62. The molecule has 1 heterocycles. The molecule has 114 valence electrons. The van der Waals surface area contributed by atoms with Crippen molar-refractivity contribution in [1.29, 1.82) is 0 Å². The number of methoxy groups -OCH3 is 1. The van der Waals surface area contributed by atoms with Crippen molar-refractivity contribution in [2.75, 3.05) is 26.0 Å². The molecule has 22 heavy (non-hydrogen) atoms. The van der Waals surface area contributed by atoms with E-state index in [9.17, 15) is 4.79 Å². The Morgan fingerprint density at radius 3 is 2.55 bits per heavy atom. The number of hydrogen-bond donors (Lipinski definition) is 0. The zero-order chi connectivity index (χ0) is 15.4. The molecule has 2 aromatic carbocycles. The maximum atomic E-state index is 12.6. The third kappa shape index (κ3) is 3.28. The topological polar surface area (TPSA) is 29.5 Å². The summed E-state index contributed by atoms with van der Waals surface area (Å²) < 4.78 is 5.20. The van der Waals surface area contributed by atoms with E-state index in [4.69, 9.17) is 4.74 Å². The van der Waals surface area contributed by atoms with E-state index in [0.29, 0.717) is 5.25 Å². The number of ether oxygens (including phenoxy) is 1. The Hall–Kier alpha value is -1.94. The second kappa shape index (κ2) is 6.88. The standard InChI is InChI=1S/C18H19NO2S/c1-21-16-9-7-14(8-10-16)17-13-19(11-12-22-17)18(20)15-5-3-2-4-6-15/h2-10,17H,11-13H2,1H3. The van der Waals surface area contributed by atoms with Crippen LogP contribution in [0.3, 0.4) is 0 Å². The number of amides is 1. The molecule has 4 heteroatoms. The van der Waals surface area contributed by atoms with Gasteiger partial charge < -0.3 is 9.64 Å². The van der Waals surface area contributed by atoms with E-state index in [1.165, 1.54) is 5.56 Å². The molecule has 3 rings (SSSR count). The highest BCUT2D eigenvalue weighted by Crippen LogP contribution is 2.34. The molecule has 0 saturated carbocycles. The van der Waals surface area contributed by atoms with Gasteiger partial charge >= 0.3 is 0 Å². The highest BCUT2D eigenvalue weighted by atomic mass is 32.2. The summed E-state index contributed by atoms with van der Waals surface area (Å²) in [4.78, 5) is 14.5. The predicted octanol–water partition coefficient (Wildman–Crippen LogP) is 3.63. The van der Waals surface area contributed by atoms with Gasteiger partial charge in [-0.05, 0) is 29.8 Å². The van der Waals surface area contributed by atoms with Crippen LogP contribution in [0.25, 0.3) is 0 Å². The van der Waals surface area contributed by atoms with E-state index in [1.807, 2.05) is 59.1 Å². The third-order valence-electron chi connectivity index (χ3n) is 3.86. The van der Waals surface area contributed by atoms with E-state index in [1.54, 1.807) is 7.11 Å². The number of nitrogens with zero attached hydrogens (tertiary/aromatic N) is 1. The molecule has 1 fully saturated rings. The molecule has 0 aromatic heterocycles.